The SMILES string of the molecule is Cc1cc[c-]cn1.[W+2]. The van der Waals surface area contributed by atoms with E-state index in [1.54, 1.807) is 6.20 Å². The van der Waals surface area contributed by atoms with E-state index in [-0.39, 0.29) is 21.1 Å². The monoisotopic (exact) mass is 276 g/mol. The second kappa shape index (κ2) is 3.79. The van der Waals surface area contributed by atoms with Gasteiger partial charge in [-0.3, -0.25) is 0 Å². The number of rotatable bonds is 0. The number of pyridine rings is 1. The van der Waals surface area contributed by atoms with Gasteiger partial charge >= 0.3 is 21.1 Å². The Labute approximate surface area is 63.4 Å². The number of hydrogen-bond acceptors (Lipinski definition) is 1. The van der Waals surface area contributed by atoms with Crippen LogP contribution in [-0.4, -0.2) is 4.98 Å². The van der Waals surface area contributed by atoms with Gasteiger partial charge in [0.15, 0.2) is 0 Å². The van der Waals surface area contributed by atoms with Crippen LogP contribution in [0.2, 0.25) is 0 Å². The van der Waals surface area contributed by atoms with E-state index in [1.807, 2.05) is 19.1 Å². The Morgan fingerprint density at radius 1 is 1.62 bits per heavy atom. The van der Waals surface area contributed by atoms with E-state index in [4.69, 9.17) is 0 Å². The molecule has 0 unspecified atom stereocenters. The third-order valence-corrected chi connectivity index (χ3v) is 0.763. The fourth-order valence-electron chi connectivity index (χ4n) is 0.394. The molecule has 1 nitrogen and oxygen atoms in total. The van der Waals surface area contributed by atoms with Gasteiger partial charge in [-0.15, -0.1) is 0 Å². The first-order chi connectivity index (χ1) is 3.39. The summed E-state index contributed by atoms with van der Waals surface area (Å²) in [4.78, 5) is 3.92. The maximum atomic E-state index is 3.92. The summed E-state index contributed by atoms with van der Waals surface area (Å²) in [6.45, 7) is 1.95. The van der Waals surface area contributed by atoms with Crippen LogP contribution in [-0.2, 0) is 21.1 Å². The normalized spacial score (nSPS) is 7.62. The van der Waals surface area contributed by atoms with E-state index in [1.165, 1.54) is 0 Å². The van der Waals surface area contributed by atoms with E-state index in [0.29, 0.717) is 0 Å². The van der Waals surface area contributed by atoms with Gasteiger partial charge in [0, 0.05) is 0 Å². The molecule has 1 heterocycles. The maximum Gasteiger partial charge on any atom is 2.00 e. The zero-order valence-corrected chi connectivity index (χ0v) is 7.52. The Hall–Kier alpha value is -0.162. The fraction of sp³-hybridized carbons (Fsp3) is 0.167. The van der Waals surface area contributed by atoms with E-state index < -0.39 is 0 Å². The molecule has 0 aromatic carbocycles. The van der Waals surface area contributed by atoms with Crippen LogP contribution >= 0.6 is 0 Å². The van der Waals surface area contributed by atoms with Crippen molar-refractivity contribution < 1.29 is 21.1 Å². The van der Waals surface area contributed by atoms with Crippen LogP contribution in [0, 0.1) is 13.0 Å². The Morgan fingerprint density at radius 3 is 2.62 bits per heavy atom. The van der Waals surface area contributed by atoms with Crippen molar-refractivity contribution in [1.29, 1.82) is 0 Å². The van der Waals surface area contributed by atoms with Crippen LogP contribution in [0.1, 0.15) is 5.69 Å². The number of aryl methyl sites for hydroxylation is 1. The number of hydrogen-bond donors (Lipinski definition) is 0. The second-order valence-corrected chi connectivity index (χ2v) is 1.40. The average molecular weight is 276 g/mol. The van der Waals surface area contributed by atoms with Gasteiger partial charge in [-0.05, 0) is 12.6 Å². The van der Waals surface area contributed by atoms with Crippen molar-refractivity contribution in [2.24, 2.45) is 0 Å². The largest absolute Gasteiger partial charge is 2.00 e. The third kappa shape index (κ3) is 2.22. The summed E-state index contributed by atoms with van der Waals surface area (Å²) in [6.07, 6.45) is 1.66. The summed E-state index contributed by atoms with van der Waals surface area (Å²) in [7, 11) is 0. The first-order valence-electron chi connectivity index (χ1n) is 2.18. The molecule has 2 heteroatoms. The summed E-state index contributed by atoms with van der Waals surface area (Å²) in [5, 5.41) is 0. The molecule has 1 rings (SSSR count). The minimum absolute atomic E-state index is 0. The second-order valence-electron chi connectivity index (χ2n) is 1.40. The zero-order valence-electron chi connectivity index (χ0n) is 4.59. The van der Waals surface area contributed by atoms with E-state index in [9.17, 15) is 0 Å². The van der Waals surface area contributed by atoms with Crippen LogP contribution in [0.15, 0.2) is 18.3 Å². The quantitative estimate of drug-likeness (QED) is 0.649. The summed E-state index contributed by atoms with van der Waals surface area (Å²) in [5.74, 6) is 0. The first-order valence-corrected chi connectivity index (χ1v) is 2.18. The Morgan fingerprint density at radius 2 is 2.38 bits per heavy atom. The van der Waals surface area contributed by atoms with Crippen LogP contribution in [0.4, 0.5) is 0 Å². The topological polar surface area (TPSA) is 12.9 Å². The van der Waals surface area contributed by atoms with Crippen molar-refractivity contribution in [2.45, 2.75) is 6.92 Å². The van der Waals surface area contributed by atoms with Crippen LogP contribution < -0.4 is 0 Å². The van der Waals surface area contributed by atoms with Crippen molar-refractivity contribution in [3.05, 3.63) is 30.1 Å². The predicted molar refractivity (Wildman–Crippen MR) is 27.8 cm³/mol. The molecule has 0 atom stereocenters. The number of aromatic nitrogens is 1. The van der Waals surface area contributed by atoms with E-state index in [2.05, 4.69) is 11.1 Å². The molecule has 0 fully saturated rings. The Balaban J connectivity index is 0.000000490. The van der Waals surface area contributed by atoms with E-state index in [0.717, 1.165) is 5.69 Å². The molecule has 0 aliphatic carbocycles. The van der Waals surface area contributed by atoms with E-state index >= 15 is 0 Å². The Bertz CT molecular complexity index is 138. The van der Waals surface area contributed by atoms with Gasteiger partial charge in [0.25, 0.3) is 0 Å². The fourth-order valence-corrected chi connectivity index (χ4v) is 0.394. The van der Waals surface area contributed by atoms with Gasteiger partial charge in [-0.2, -0.15) is 6.07 Å². The van der Waals surface area contributed by atoms with Gasteiger partial charge in [-0.25, -0.2) is 12.1 Å². The molecule has 40 valence electrons. The molecule has 0 aliphatic heterocycles. The van der Waals surface area contributed by atoms with Crippen molar-refractivity contribution in [2.75, 3.05) is 0 Å². The summed E-state index contributed by atoms with van der Waals surface area (Å²) >= 11 is 0. The molecule has 0 bridgehead atoms. The van der Waals surface area contributed by atoms with Crippen LogP contribution in [0.5, 0.6) is 0 Å². The third-order valence-electron chi connectivity index (χ3n) is 0.763. The zero-order chi connectivity index (χ0) is 5.11. The molecule has 8 heavy (non-hydrogen) atoms. The van der Waals surface area contributed by atoms with Crippen molar-refractivity contribution in [1.82, 2.24) is 4.98 Å². The molecule has 1 aromatic rings. The molecule has 1 aromatic heterocycles. The molecule has 0 saturated carbocycles. The maximum absolute atomic E-state index is 3.92. The Kier molecular flexibility index (Phi) is 3.72. The van der Waals surface area contributed by atoms with Crippen LogP contribution in [0.3, 0.4) is 0 Å². The first kappa shape index (κ1) is 7.84. The average Bonchev–Trinajstić information content (AvgIpc) is 1.69. The molecule has 0 amide bonds. The molecule has 0 radical (unpaired) electrons. The molecule has 0 N–H and O–H groups in total. The number of nitrogens with zero attached hydrogens (tertiary/aromatic N) is 1. The summed E-state index contributed by atoms with van der Waals surface area (Å²) < 4.78 is 0. The summed E-state index contributed by atoms with van der Waals surface area (Å²) in [5.41, 5.74) is 1.04. The molecule has 0 saturated heterocycles. The molecular formula is C6H6NW+. The van der Waals surface area contributed by atoms with Gasteiger partial charge < -0.3 is 4.98 Å². The standard InChI is InChI=1S/C6H6N.W/c1-6-4-2-3-5-7-6;/h2,4-5H,1H3;/q-1;+2. The molecule has 0 aliphatic rings. The minimum Gasteiger partial charge on any atom is -0.301 e. The smallest absolute Gasteiger partial charge is 0.301 e. The predicted octanol–water partition coefficient (Wildman–Crippen LogP) is 1.19. The van der Waals surface area contributed by atoms with Gasteiger partial charge in [0.2, 0.25) is 0 Å². The molecular weight excluding hydrogens is 270 g/mol. The van der Waals surface area contributed by atoms with Crippen molar-refractivity contribution >= 4 is 0 Å². The van der Waals surface area contributed by atoms with Crippen LogP contribution in [0.25, 0.3) is 0 Å². The molecule has 0 spiro atoms. The van der Waals surface area contributed by atoms with Gasteiger partial charge in [0.1, 0.15) is 0 Å². The minimum atomic E-state index is 0. The summed E-state index contributed by atoms with van der Waals surface area (Å²) in [6, 6.07) is 6.59. The van der Waals surface area contributed by atoms with Gasteiger partial charge in [0.05, 0.1) is 0 Å². The van der Waals surface area contributed by atoms with Crippen molar-refractivity contribution in [3.8, 4) is 0 Å². The van der Waals surface area contributed by atoms with Gasteiger partial charge in [-0.1, -0.05) is 6.20 Å². The van der Waals surface area contributed by atoms with Crippen molar-refractivity contribution in [3.63, 3.8) is 0 Å².